The van der Waals surface area contributed by atoms with Crippen molar-refractivity contribution in [3.05, 3.63) is 41.5 Å². The molecule has 3 rings (SSSR count). The van der Waals surface area contributed by atoms with Crippen LogP contribution in [0.15, 0.2) is 24.3 Å². The minimum atomic E-state index is -0.326. The van der Waals surface area contributed by atoms with Crippen LogP contribution in [-0.4, -0.2) is 52.3 Å². The summed E-state index contributed by atoms with van der Waals surface area (Å²) < 4.78 is 11.2. The number of nitrogens with zero attached hydrogens (tertiary/aromatic N) is 4. The van der Waals surface area contributed by atoms with Gasteiger partial charge in [0.1, 0.15) is 17.7 Å². The Labute approximate surface area is 145 Å². The van der Waals surface area contributed by atoms with Crippen molar-refractivity contribution < 1.29 is 14.3 Å². The first-order valence-corrected chi connectivity index (χ1v) is 8.02. The third-order valence-electron chi connectivity index (χ3n) is 3.89. The number of morpholine rings is 1. The number of benzene rings is 1. The molecule has 1 aliphatic rings. The van der Waals surface area contributed by atoms with Gasteiger partial charge in [0, 0.05) is 6.54 Å². The summed E-state index contributed by atoms with van der Waals surface area (Å²) >= 11 is 0. The lowest BCUT2D eigenvalue weighted by molar-refractivity contribution is -0.141. The number of aryl methyl sites for hydroxylation is 1. The number of rotatable bonds is 5. The Morgan fingerprint density at radius 3 is 2.96 bits per heavy atom. The molecule has 1 aliphatic heterocycles. The second-order valence-corrected chi connectivity index (χ2v) is 5.75. The topological polar surface area (TPSA) is 104 Å². The number of aromatic nitrogens is 3. The number of H-pyrrole nitrogens is 1. The quantitative estimate of drug-likeness (QED) is 0.875. The molecule has 1 atom stereocenters. The molecule has 0 saturated carbocycles. The molecule has 0 bridgehead atoms. The van der Waals surface area contributed by atoms with Crippen molar-refractivity contribution >= 4 is 5.91 Å². The fraction of sp³-hybridized carbons (Fsp3) is 0.412. The highest BCUT2D eigenvalue weighted by atomic mass is 16.5. The van der Waals surface area contributed by atoms with Crippen molar-refractivity contribution in [2.24, 2.45) is 0 Å². The third kappa shape index (κ3) is 4.33. The minimum absolute atomic E-state index is 0.0443. The molecule has 1 fully saturated rings. The van der Waals surface area contributed by atoms with Gasteiger partial charge in [0.15, 0.2) is 12.4 Å². The zero-order chi connectivity index (χ0) is 17.6. The fourth-order valence-corrected chi connectivity index (χ4v) is 2.57. The standard InChI is InChI=1S/C17H19N5O3/c1-12-19-17(21-20-12)15-10-22(8-9-24-15)16(23)11-25-14-4-2-13(3-5-14)6-7-18/h2-5,15H,6,8-11H2,1H3,(H,19,20,21). The Bertz CT molecular complexity index is 765. The summed E-state index contributed by atoms with van der Waals surface area (Å²) in [6, 6.07) is 9.25. The molecular formula is C17H19N5O3. The molecule has 0 aliphatic carbocycles. The van der Waals surface area contributed by atoms with Gasteiger partial charge in [-0.05, 0) is 24.6 Å². The van der Waals surface area contributed by atoms with Gasteiger partial charge in [-0.3, -0.25) is 9.89 Å². The Balaban J connectivity index is 1.53. The van der Waals surface area contributed by atoms with Gasteiger partial charge in [-0.25, -0.2) is 4.98 Å². The van der Waals surface area contributed by atoms with E-state index in [-0.39, 0.29) is 18.6 Å². The lowest BCUT2D eigenvalue weighted by Gasteiger charge is -2.31. The molecule has 2 aromatic rings. The molecule has 25 heavy (non-hydrogen) atoms. The van der Waals surface area contributed by atoms with E-state index in [1.807, 2.05) is 19.1 Å². The molecule has 2 heterocycles. The second kappa shape index (κ2) is 7.77. The SMILES string of the molecule is Cc1nc(C2CN(C(=O)COc3ccc(CC#N)cc3)CCO2)n[nH]1. The number of hydrogen-bond acceptors (Lipinski definition) is 6. The van der Waals surface area contributed by atoms with Crippen molar-refractivity contribution in [3.63, 3.8) is 0 Å². The monoisotopic (exact) mass is 341 g/mol. The number of nitriles is 1. The van der Waals surface area contributed by atoms with Crippen LogP contribution >= 0.6 is 0 Å². The van der Waals surface area contributed by atoms with Crippen molar-refractivity contribution in [2.75, 3.05) is 26.3 Å². The summed E-state index contributed by atoms with van der Waals surface area (Å²) in [7, 11) is 0. The number of hydrogen-bond donors (Lipinski definition) is 1. The van der Waals surface area contributed by atoms with Crippen molar-refractivity contribution in [1.29, 1.82) is 5.26 Å². The average Bonchev–Trinajstić information content (AvgIpc) is 3.08. The van der Waals surface area contributed by atoms with E-state index in [0.717, 1.165) is 5.56 Å². The zero-order valence-electron chi connectivity index (χ0n) is 13.9. The van der Waals surface area contributed by atoms with Gasteiger partial charge in [0.25, 0.3) is 5.91 Å². The lowest BCUT2D eigenvalue weighted by Crippen LogP contribution is -2.44. The van der Waals surface area contributed by atoms with Gasteiger partial charge in [-0.2, -0.15) is 10.4 Å². The van der Waals surface area contributed by atoms with Gasteiger partial charge in [-0.1, -0.05) is 12.1 Å². The molecule has 0 spiro atoms. The van der Waals surface area contributed by atoms with Crippen LogP contribution in [0.25, 0.3) is 0 Å². The molecule has 1 aromatic carbocycles. The third-order valence-corrected chi connectivity index (χ3v) is 3.89. The number of carbonyl (C=O) groups is 1. The second-order valence-electron chi connectivity index (χ2n) is 5.75. The first-order chi connectivity index (χ1) is 12.2. The van der Waals surface area contributed by atoms with Gasteiger partial charge in [-0.15, -0.1) is 0 Å². The highest BCUT2D eigenvalue weighted by Crippen LogP contribution is 2.19. The highest BCUT2D eigenvalue weighted by Gasteiger charge is 2.28. The van der Waals surface area contributed by atoms with E-state index >= 15 is 0 Å². The lowest BCUT2D eigenvalue weighted by atomic mass is 10.2. The van der Waals surface area contributed by atoms with Crippen LogP contribution in [0.2, 0.25) is 0 Å². The van der Waals surface area contributed by atoms with Crippen molar-refractivity contribution in [1.82, 2.24) is 20.1 Å². The molecule has 0 radical (unpaired) electrons. The molecule has 1 N–H and O–H groups in total. The Hall–Kier alpha value is -2.92. The van der Waals surface area contributed by atoms with E-state index in [0.29, 0.717) is 43.5 Å². The first-order valence-electron chi connectivity index (χ1n) is 8.02. The minimum Gasteiger partial charge on any atom is -0.484 e. The van der Waals surface area contributed by atoms with E-state index in [4.69, 9.17) is 14.7 Å². The predicted molar refractivity (Wildman–Crippen MR) is 87.6 cm³/mol. The van der Waals surface area contributed by atoms with Crippen molar-refractivity contribution in [3.8, 4) is 11.8 Å². The summed E-state index contributed by atoms with van der Waals surface area (Å²) in [6.45, 7) is 3.13. The summed E-state index contributed by atoms with van der Waals surface area (Å²) in [5, 5.41) is 15.5. The van der Waals surface area contributed by atoms with Crippen LogP contribution < -0.4 is 4.74 Å². The predicted octanol–water partition coefficient (Wildman–Crippen LogP) is 1.16. The maximum atomic E-state index is 12.4. The summed E-state index contributed by atoms with van der Waals surface area (Å²) in [5.41, 5.74) is 0.916. The van der Waals surface area contributed by atoms with E-state index < -0.39 is 0 Å². The molecule has 1 unspecified atom stereocenters. The normalized spacial score (nSPS) is 17.1. The van der Waals surface area contributed by atoms with Crippen LogP contribution in [0.3, 0.4) is 0 Å². The van der Waals surface area contributed by atoms with E-state index in [1.54, 1.807) is 17.0 Å². The van der Waals surface area contributed by atoms with Crippen molar-refractivity contribution in [2.45, 2.75) is 19.4 Å². The maximum absolute atomic E-state index is 12.4. The van der Waals surface area contributed by atoms with Gasteiger partial charge in [0.2, 0.25) is 0 Å². The Morgan fingerprint density at radius 2 is 2.28 bits per heavy atom. The molecular weight excluding hydrogens is 322 g/mol. The smallest absolute Gasteiger partial charge is 0.260 e. The summed E-state index contributed by atoms with van der Waals surface area (Å²) in [5.74, 6) is 1.76. The molecule has 130 valence electrons. The number of carbonyl (C=O) groups excluding carboxylic acids is 1. The number of amides is 1. The van der Waals surface area contributed by atoms with Crippen LogP contribution in [-0.2, 0) is 16.0 Å². The zero-order valence-corrected chi connectivity index (χ0v) is 13.9. The molecule has 8 heteroatoms. The highest BCUT2D eigenvalue weighted by molar-refractivity contribution is 5.77. The Kier molecular flexibility index (Phi) is 5.26. The first kappa shape index (κ1) is 16.9. The van der Waals surface area contributed by atoms with Crippen LogP contribution in [0, 0.1) is 18.3 Å². The average molecular weight is 341 g/mol. The number of ether oxygens (including phenoxy) is 2. The molecule has 1 amide bonds. The molecule has 8 nitrogen and oxygen atoms in total. The Morgan fingerprint density at radius 1 is 1.48 bits per heavy atom. The molecule has 1 saturated heterocycles. The van der Waals surface area contributed by atoms with Gasteiger partial charge >= 0.3 is 0 Å². The van der Waals surface area contributed by atoms with Gasteiger partial charge in [0.05, 0.1) is 25.6 Å². The summed E-state index contributed by atoms with van der Waals surface area (Å²) in [6.07, 6.45) is 0.0302. The van der Waals surface area contributed by atoms with Gasteiger partial charge < -0.3 is 14.4 Å². The number of nitrogens with one attached hydrogen (secondary N) is 1. The number of aromatic amines is 1. The largest absolute Gasteiger partial charge is 0.484 e. The maximum Gasteiger partial charge on any atom is 0.260 e. The van der Waals surface area contributed by atoms with E-state index in [1.165, 1.54) is 0 Å². The fourth-order valence-electron chi connectivity index (χ4n) is 2.57. The van der Waals surface area contributed by atoms with E-state index in [9.17, 15) is 4.79 Å². The summed E-state index contributed by atoms with van der Waals surface area (Å²) in [4.78, 5) is 18.3. The van der Waals surface area contributed by atoms with Crippen LogP contribution in [0.4, 0.5) is 0 Å². The molecule has 1 aromatic heterocycles. The van der Waals surface area contributed by atoms with Crippen LogP contribution in [0.1, 0.15) is 23.3 Å². The van der Waals surface area contributed by atoms with Crippen LogP contribution in [0.5, 0.6) is 5.75 Å². The van der Waals surface area contributed by atoms with E-state index in [2.05, 4.69) is 21.3 Å².